The van der Waals surface area contributed by atoms with Crippen molar-refractivity contribution in [3.05, 3.63) is 0 Å². The Balaban J connectivity index is 2.61. The number of rotatable bonds is 1. The molecule has 0 aromatic rings. The molecular weight excluding hydrogens is 136 g/mol. The molecule has 0 bridgehead atoms. The highest BCUT2D eigenvalue weighted by molar-refractivity contribution is 8.01. The first-order chi connectivity index (χ1) is 4.15. The van der Waals surface area contributed by atoms with Gasteiger partial charge in [-0.3, -0.25) is 4.79 Å². The van der Waals surface area contributed by atoms with E-state index in [2.05, 4.69) is 0 Å². The summed E-state index contributed by atoms with van der Waals surface area (Å²) < 4.78 is 5.22. The lowest BCUT2D eigenvalue weighted by atomic mass is 10.3. The smallest absolute Gasteiger partial charge is 0.171 e. The maximum atomic E-state index is 10.8. The molecule has 1 fully saturated rings. The number of carbonyl (C=O) groups is 1. The van der Waals surface area contributed by atoms with Crippen molar-refractivity contribution in [2.75, 3.05) is 12.4 Å². The van der Waals surface area contributed by atoms with Gasteiger partial charge in [-0.1, -0.05) is 0 Å². The molecule has 0 aliphatic carbocycles. The van der Waals surface area contributed by atoms with Crippen LogP contribution in [0.3, 0.4) is 0 Å². The molecule has 1 unspecified atom stereocenters. The second-order valence-corrected chi connectivity index (χ2v) is 3.67. The van der Waals surface area contributed by atoms with E-state index in [4.69, 9.17) is 4.74 Å². The van der Waals surface area contributed by atoms with Crippen molar-refractivity contribution in [2.24, 2.45) is 0 Å². The van der Waals surface area contributed by atoms with Gasteiger partial charge < -0.3 is 4.74 Å². The van der Waals surface area contributed by atoms with E-state index in [0.717, 1.165) is 5.75 Å². The average molecular weight is 146 g/mol. The molecule has 0 radical (unpaired) electrons. The summed E-state index contributed by atoms with van der Waals surface area (Å²) in [5, 5.41) is 0. The molecule has 52 valence electrons. The molecule has 0 N–H and O–H groups in total. The Bertz CT molecular complexity index is 127. The van der Waals surface area contributed by atoms with Gasteiger partial charge in [-0.05, 0) is 13.8 Å². The summed E-state index contributed by atoms with van der Waals surface area (Å²) in [5.41, 5.74) is 0. The van der Waals surface area contributed by atoms with Crippen LogP contribution in [-0.2, 0) is 9.53 Å². The molecule has 1 rings (SSSR count). The zero-order chi connectivity index (χ0) is 6.91. The monoisotopic (exact) mass is 146 g/mol. The van der Waals surface area contributed by atoms with E-state index in [-0.39, 0.29) is 5.78 Å². The quantitative estimate of drug-likeness (QED) is 0.553. The van der Waals surface area contributed by atoms with E-state index in [1.165, 1.54) is 0 Å². The van der Waals surface area contributed by atoms with E-state index in [0.29, 0.717) is 6.61 Å². The van der Waals surface area contributed by atoms with Gasteiger partial charge in [0.05, 0.1) is 6.61 Å². The Morgan fingerprint density at radius 3 is 2.67 bits per heavy atom. The number of hydrogen-bond acceptors (Lipinski definition) is 3. The maximum absolute atomic E-state index is 10.8. The van der Waals surface area contributed by atoms with Gasteiger partial charge in [-0.25, -0.2) is 0 Å². The first-order valence-electron chi connectivity index (χ1n) is 2.94. The molecule has 0 aromatic carbocycles. The summed E-state index contributed by atoms with van der Waals surface area (Å²) in [4.78, 5) is 10.3. The summed E-state index contributed by atoms with van der Waals surface area (Å²) in [7, 11) is 0. The highest BCUT2D eigenvalue weighted by atomic mass is 32.2. The van der Waals surface area contributed by atoms with Crippen molar-refractivity contribution in [3.63, 3.8) is 0 Å². The topological polar surface area (TPSA) is 26.3 Å². The Kier molecular flexibility index (Phi) is 1.82. The number of carbonyl (C=O) groups excluding carboxylic acids is 1. The first kappa shape index (κ1) is 7.09. The van der Waals surface area contributed by atoms with Crippen molar-refractivity contribution in [1.82, 2.24) is 0 Å². The van der Waals surface area contributed by atoms with Crippen LogP contribution in [0.15, 0.2) is 0 Å². The van der Waals surface area contributed by atoms with Gasteiger partial charge in [0.2, 0.25) is 0 Å². The predicted molar refractivity (Wildman–Crippen MR) is 37.5 cm³/mol. The Hall–Kier alpha value is -0.0200. The first-order valence-corrected chi connectivity index (χ1v) is 3.93. The Morgan fingerprint density at radius 2 is 2.44 bits per heavy atom. The van der Waals surface area contributed by atoms with Gasteiger partial charge in [0.25, 0.3) is 0 Å². The minimum Gasteiger partial charge on any atom is -0.356 e. The van der Waals surface area contributed by atoms with Crippen molar-refractivity contribution in [2.45, 2.75) is 18.8 Å². The summed E-state index contributed by atoms with van der Waals surface area (Å²) in [6.07, 6.45) is 0. The molecule has 1 aliphatic heterocycles. The molecule has 1 atom stereocenters. The van der Waals surface area contributed by atoms with E-state index < -0.39 is 4.93 Å². The highest BCUT2D eigenvalue weighted by Gasteiger charge is 2.35. The fourth-order valence-electron chi connectivity index (χ4n) is 0.718. The van der Waals surface area contributed by atoms with Crippen molar-refractivity contribution < 1.29 is 9.53 Å². The van der Waals surface area contributed by atoms with Gasteiger partial charge in [-0.15, -0.1) is 11.8 Å². The minimum absolute atomic E-state index is 0.116. The molecule has 1 aliphatic rings. The lowest BCUT2D eigenvalue weighted by molar-refractivity contribution is -0.128. The molecule has 3 heteroatoms. The van der Waals surface area contributed by atoms with E-state index in [9.17, 15) is 4.79 Å². The lowest BCUT2D eigenvalue weighted by Crippen LogP contribution is -2.28. The minimum atomic E-state index is -0.528. The van der Waals surface area contributed by atoms with Gasteiger partial charge in [0, 0.05) is 5.75 Å². The fraction of sp³-hybridized carbons (Fsp3) is 0.833. The second kappa shape index (κ2) is 2.31. The summed E-state index contributed by atoms with van der Waals surface area (Å²) in [6.45, 7) is 4.10. The third-order valence-corrected chi connectivity index (χ3v) is 2.80. The van der Waals surface area contributed by atoms with Crippen molar-refractivity contribution in [1.29, 1.82) is 0 Å². The number of Topliss-reactive ketones (excluding diaryl/α,β-unsaturated/α-hetero) is 1. The number of ether oxygens (including phenoxy) is 1. The molecular formula is C6H10O2S. The molecule has 1 saturated heterocycles. The van der Waals surface area contributed by atoms with Crippen LogP contribution in [-0.4, -0.2) is 23.1 Å². The van der Waals surface area contributed by atoms with Crippen LogP contribution < -0.4 is 0 Å². The molecule has 2 nitrogen and oxygen atoms in total. The average Bonchev–Trinajstić information content (AvgIpc) is 2.16. The standard InChI is InChI=1S/C6H10O2S/c1-5(7)6(2)8-3-4-9-6/h3-4H2,1-2H3. The van der Waals surface area contributed by atoms with E-state index in [1.54, 1.807) is 18.7 Å². The van der Waals surface area contributed by atoms with E-state index >= 15 is 0 Å². The molecule has 9 heavy (non-hydrogen) atoms. The predicted octanol–water partition coefficient (Wildman–Crippen LogP) is 1.05. The normalized spacial score (nSPS) is 34.9. The van der Waals surface area contributed by atoms with Crippen molar-refractivity contribution >= 4 is 17.5 Å². The third kappa shape index (κ3) is 1.27. The Morgan fingerprint density at radius 1 is 1.78 bits per heavy atom. The van der Waals surface area contributed by atoms with Crippen LogP contribution in [0.1, 0.15) is 13.8 Å². The summed E-state index contributed by atoms with van der Waals surface area (Å²) in [5.74, 6) is 1.06. The van der Waals surface area contributed by atoms with Crippen LogP contribution in [0.5, 0.6) is 0 Å². The summed E-state index contributed by atoms with van der Waals surface area (Å²) in [6, 6.07) is 0. The maximum Gasteiger partial charge on any atom is 0.171 e. The molecule has 0 aromatic heterocycles. The van der Waals surface area contributed by atoms with Crippen LogP contribution in [0, 0.1) is 0 Å². The van der Waals surface area contributed by atoms with E-state index in [1.807, 2.05) is 6.92 Å². The largest absolute Gasteiger partial charge is 0.356 e. The second-order valence-electron chi connectivity index (χ2n) is 2.20. The van der Waals surface area contributed by atoms with Crippen LogP contribution in [0.4, 0.5) is 0 Å². The zero-order valence-corrected chi connectivity index (χ0v) is 6.46. The molecule has 0 saturated carbocycles. The fourth-order valence-corrected chi connectivity index (χ4v) is 1.64. The van der Waals surface area contributed by atoms with Crippen molar-refractivity contribution in [3.8, 4) is 0 Å². The van der Waals surface area contributed by atoms with Gasteiger partial charge in [-0.2, -0.15) is 0 Å². The molecule has 1 heterocycles. The Labute approximate surface area is 59.0 Å². The third-order valence-electron chi connectivity index (χ3n) is 1.48. The molecule has 0 spiro atoms. The highest BCUT2D eigenvalue weighted by Crippen LogP contribution is 2.32. The summed E-state index contributed by atoms with van der Waals surface area (Å²) >= 11 is 1.58. The van der Waals surface area contributed by atoms with Crippen LogP contribution >= 0.6 is 11.8 Å². The van der Waals surface area contributed by atoms with Gasteiger partial charge >= 0.3 is 0 Å². The lowest BCUT2D eigenvalue weighted by Gasteiger charge is -2.16. The number of thioether (sulfide) groups is 1. The van der Waals surface area contributed by atoms with Gasteiger partial charge in [0.15, 0.2) is 10.7 Å². The molecule has 0 amide bonds. The SMILES string of the molecule is CC(=O)C1(C)OCCS1. The zero-order valence-electron chi connectivity index (χ0n) is 5.64. The van der Waals surface area contributed by atoms with Crippen LogP contribution in [0.2, 0.25) is 0 Å². The van der Waals surface area contributed by atoms with Crippen LogP contribution in [0.25, 0.3) is 0 Å². The number of ketones is 1. The van der Waals surface area contributed by atoms with Gasteiger partial charge in [0.1, 0.15) is 0 Å². The number of hydrogen-bond donors (Lipinski definition) is 0.